The van der Waals surface area contributed by atoms with E-state index in [1.54, 1.807) is 12.0 Å². The molecule has 1 aliphatic heterocycles. The van der Waals surface area contributed by atoms with E-state index in [-0.39, 0.29) is 11.9 Å². The first-order valence-electron chi connectivity index (χ1n) is 10.9. The zero-order chi connectivity index (χ0) is 24.1. The normalized spacial score (nSPS) is 17.1. The second-order valence-electron chi connectivity index (χ2n) is 8.06. The highest BCUT2D eigenvalue weighted by Gasteiger charge is 2.35. The predicted octanol–water partition coefficient (Wildman–Crippen LogP) is 6.26. The van der Waals surface area contributed by atoms with Crippen LogP contribution in [-0.4, -0.2) is 48.6 Å². The average Bonchev–Trinajstić information content (AvgIpc) is 3.13. The quantitative estimate of drug-likeness (QED) is 0.366. The first kappa shape index (κ1) is 24.1. The topological polar surface area (TPSA) is 45.1 Å². The molecule has 0 bridgehead atoms. The Morgan fingerprint density at radius 3 is 2.32 bits per heavy atom. The summed E-state index contributed by atoms with van der Waals surface area (Å²) in [5.41, 5.74) is 2.82. The molecule has 1 aliphatic rings. The number of amides is 1. The SMILES string of the molecule is COc1ccc(N=C2SC(=Cc3ccc(Cl)cc3)C(=O)N2CC(c2ccccc2)N(C)C)cc1. The van der Waals surface area contributed by atoms with Crippen molar-refractivity contribution in [1.82, 2.24) is 9.80 Å². The standard InChI is InChI=1S/C27H26ClN3O2S/c1-30(2)24(20-7-5-4-6-8-20)18-31-26(32)25(17-19-9-11-21(28)12-10-19)34-27(31)29-22-13-15-23(33-3)16-14-22/h4-17,24H,18H2,1-3H3. The largest absolute Gasteiger partial charge is 0.497 e. The number of methoxy groups -OCH3 is 1. The fraction of sp³-hybridized carbons (Fsp3) is 0.185. The summed E-state index contributed by atoms with van der Waals surface area (Å²) in [6.07, 6.45) is 1.89. The first-order chi connectivity index (χ1) is 16.4. The van der Waals surface area contributed by atoms with Crippen molar-refractivity contribution in [3.63, 3.8) is 0 Å². The van der Waals surface area contributed by atoms with Crippen molar-refractivity contribution in [3.05, 3.63) is 99.9 Å². The Hall–Kier alpha value is -3.06. The number of carbonyl (C=O) groups is 1. The molecule has 0 aliphatic carbocycles. The monoisotopic (exact) mass is 491 g/mol. The Labute approximate surface area is 209 Å². The summed E-state index contributed by atoms with van der Waals surface area (Å²) in [7, 11) is 5.68. The number of amidine groups is 1. The maximum absolute atomic E-state index is 13.6. The molecular formula is C27H26ClN3O2S. The van der Waals surface area contributed by atoms with E-state index in [0.717, 1.165) is 22.6 Å². The molecular weight excluding hydrogens is 466 g/mol. The van der Waals surface area contributed by atoms with Gasteiger partial charge in [0.15, 0.2) is 5.17 Å². The van der Waals surface area contributed by atoms with E-state index in [1.807, 2.05) is 86.9 Å². The molecule has 1 fully saturated rings. The zero-order valence-corrected chi connectivity index (χ0v) is 20.9. The van der Waals surface area contributed by atoms with E-state index in [2.05, 4.69) is 17.0 Å². The second kappa shape index (κ2) is 10.9. The molecule has 7 heteroatoms. The maximum atomic E-state index is 13.6. The molecule has 0 N–H and O–H groups in total. The van der Waals surface area contributed by atoms with Crippen molar-refractivity contribution >= 4 is 46.2 Å². The molecule has 1 saturated heterocycles. The van der Waals surface area contributed by atoms with Gasteiger partial charge in [-0.2, -0.15) is 0 Å². The lowest BCUT2D eigenvalue weighted by Gasteiger charge is -2.29. The number of hydrogen-bond acceptors (Lipinski definition) is 5. The van der Waals surface area contributed by atoms with Crippen molar-refractivity contribution in [3.8, 4) is 5.75 Å². The van der Waals surface area contributed by atoms with Gasteiger partial charge in [0.05, 0.1) is 23.7 Å². The summed E-state index contributed by atoms with van der Waals surface area (Å²) < 4.78 is 5.25. The fourth-order valence-corrected chi connectivity index (χ4v) is 4.78. The molecule has 3 aromatic rings. The van der Waals surface area contributed by atoms with Crippen LogP contribution in [-0.2, 0) is 4.79 Å². The number of likely N-dealkylation sites (N-methyl/N-ethyl adjacent to an activating group) is 1. The minimum absolute atomic E-state index is 0.0155. The van der Waals surface area contributed by atoms with Gasteiger partial charge in [-0.25, -0.2) is 4.99 Å². The highest BCUT2D eigenvalue weighted by atomic mass is 35.5. The highest BCUT2D eigenvalue weighted by molar-refractivity contribution is 8.18. The van der Waals surface area contributed by atoms with Crippen LogP contribution >= 0.6 is 23.4 Å². The lowest BCUT2D eigenvalue weighted by Crippen LogP contribution is -2.37. The molecule has 0 spiro atoms. The van der Waals surface area contributed by atoms with Gasteiger partial charge < -0.3 is 9.64 Å². The van der Waals surface area contributed by atoms with Gasteiger partial charge in [0.25, 0.3) is 5.91 Å². The predicted molar refractivity (Wildman–Crippen MR) is 142 cm³/mol. The van der Waals surface area contributed by atoms with Gasteiger partial charge in [-0.3, -0.25) is 9.69 Å². The Kier molecular flexibility index (Phi) is 7.73. The number of hydrogen-bond donors (Lipinski definition) is 0. The number of rotatable bonds is 7. The summed E-state index contributed by atoms with van der Waals surface area (Å²) in [5, 5.41) is 1.31. The third kappa shape index (κ3) is 5.70. The first-order valence-corrected chi connectivity index (χ1v) is 12.0. The number of aliphatic imine (C=N–C) groups is 1. The molecule has 3 aromatic carbocycles. The number of benzene rings is 3. The molecule has 0 saturated carbocycles. The number of ether oxygens (including phenoxy) is 1. The van der Waals surface area contributed by atoms with Crippen LogP contribution < -0.4 is 4.74 Å². The molecule has 1 amide bonds. The van der Waals surface area contributed by atoms with Gasteiger partial charge in [-0.15, -0.1) is 0 Å². The number of nitrogens with zero attached hydrogens (tertiary/aromatic N) is 3. The molecule has 34 heavy (non-hydrogen) atoms. The number of carbonyl (C=O) groups excluding carboxylic acids is 1. The maximum Gasteiger partial charge on any atom is 0.266 e. The summed E-state index contributed by atoms with van der Waals surface area (Å²) in [4.78, 5) is 22.9. The molecule has 1 atom stereocenters. The van der Waals surface area contributed by atoms with Crippen LogP contribution in [0, 0.1) is 0 Å². The Morgan fingerprint density at radius 1 is 1.03 bits per heavy atom. The second-order valence-corrected chi connectivity index (χ2v) is 9.51. The van der Waals surface area contributed by atoms with Gasteiger partial charge in [0.1, 0.15) is 5.75 Å². The lowest BCUT2D eigenvalue weighted by atomic mass is 10.1. The van der Waals surface area contributed by atoms with E-state index in [4.69, 9.17) is 21.3 Å². The smallest absolute Gasteiger partial charge is 0.266 e. The molecule has 1 heterocycles. The third-order valence-corrected chi connectivity index (χ3v) is 6.77. The van der Waals surface area contributed by atoms with Crippen LogP contribution in [0.25, 0.3) is 6.08 Å². The van der Waals surface area contributed by atoms with Gasteiger partial charge >= 0.3 is 0 Å². The van der Waals surface area contributed by atoms with Crippen LogP contribution in [0.4, 0.5) is 5.69 Å². The Bertz CT molecular complexity index is 1190. The summed E-state index contributed by atoms with van der Waals surface area (Å²) in [6.45, 7) is 0.482. The highest BCUT2D eigenvalue weighted by Crippen LogP contribution is 2.36. The van der Waals surface area contributed by atoms with Gasteiger partial charge in [-0.1, -0.05) is 54.1 Å². The van der Waals surface area contributed by atoms with E-state index in [1.165, 1.54) is 11.8 Å². The zero-order valence-electron chi connectivity index (χ0n) is 19.3. The molecule has 1 unspecified atom stereocenters. The summed E-state index contributed by atoms with van der Waals surface area (Å²) in [6, 6.07) is 25.2. The minimum Gasteiger partial charge on any atom is -0.497 e. The van der Waals surface area contributed by atoms with E-state index in [0.29, 0.717) is 21.6 Å². The summed E-state index contributed by atoms with van der Waals surface area (Å²) in [5.74, 6) is 0.700. The fourth-order valence-electron chi connectivity index (χ4n) is 3.64. The molecule has 5 nitrogen and oxygen atoms in total. The Morgan fingerprint density at radius 2 is 1.71 bits per heavy atom. The van der Waals surface area contributed by atoms with Crippen molar-refractivity contribution < 1.29 is 9.53 Å². The minimum atomic E-state index is -0.0602. The van der Waals surface area contributed by atoms with E-state index in [9.17, 15) is 4.79 Å². The molecule has 174 valence electrons. The van der Waals surface area contributed by atoms with Gasteiger partial charge in [-0.05, 0) is 79.5 Å². The van der Waals surface area contributed by atoms with Crippen LogP contribution in [0.15, 0.2) is 88.8 Å². The van der Waals surface area contributed by atoms with Crippen molar-refractivity contribution in [2.75, 3.05) is 27.7 Å². The number of thioether (sulfide) groups is 1. The third-order valence-electron chi connectivity index (χ3n) is 5.52. The van der Waals surface area contributed by atoms with E-state index >= 15 is 0 Å². The van der Waals surface area contributed by atoms with Crippen molar-refractivity contribution in [1.29, 1.82) is 0 Å². The van der Waals surface area contributed by atoms with Crippen molar-refractivity contribution in [2.24, 2.45) is 4.99 Å². The van der Waals surface area contributed by atoms with Crippen molar-refractivity contribution in [2.45, 2.75) is 6.04 Å². The van der Waals surface area contributed by atoms with Gasteiger partial charge in [0, 0.05) is 11.6 Å². The van der Waals surface area contributed by atoms with Crippen LogP contribution in [0.5, 0.6) is 5.75 Å². The van der Waals surface area contributed by atoms with Crippen LogP contribution in [0.3, 0.4) is 0 Å². The van der Waals surface area contributed by atoms with E-state index < -0.39 is 0 Å². The lowest BCUT2D eigenvalue weighted by molar-refractivity contribution is -0.122. The average molecular weight is 492 g/mol. The van der Waals surface area contributed by atoms with Crippen LogP contribution in [0.1, 0.15) is 17.2 Å². The summed E-state index contributed by atoms with van der Waals surface area (Å²) >= 11 is 7.41. The molecule has 0 radical (unpaired) electrons. The van der Waals surface area contributed by atoms with Crippen LogP contribution in [0.2, 0.25) is 5.02 Å². The number of halogens is 1. The molecule has 0 aromatic heterocycles. The van der Waals surface area contributed by atoms with Gasteiger partial charge in [0.2, 0.25) is 0 Å². The Balaban J connectivity index is 1.70. The molecule has 4 rings (SSSR count).